The molecule has 0 spiro atoms. The molecule has 0 aliphatic heterocycles. The molecule has 1 aromatic carbocycles. The Morgan fingerprint density at radius 3 is 2.83 bits per heavy atom. The van der Waals surface area contributed by atoms with E-state index < -0.39 is 0 Å². The monoisotopic (exact) mass is 312 g/mol. The molecule has 1 aromatic heterocycles. The van der Waals surface area contributed by atoms with Crippen molar-refractivity contribution >= 4 is 15.9 Å². The Labute approximate surface area is 114 Å². The van der Waals surface area contributed by atoms with E-state index in [-0.39, 0.29) is 11.9 Å². The first-order chi connectivity index (χ1) is 8.60. The second-order valence-corrected chi connectivity index (χ2v) is 4.94. The smallest absolute Gasteiger partial charge is 0.191 e. The lowest BCUT2D eigenvalue weighted by Crippen LogP contribution is -2.19. The van der Waals surface area contributed by atoms with Gasteiger partial charge in [-0.25, -0.2) is 9.37 Å². The maximum absolute atomic E-state index is 13.2. The Bertz CT molecular complexity index is 542. The number of rotatable bonds is 4. The number of likely N-dealkylation sites (N-methyl/N-ethyl adjacent to an activating group) is 1. The van der Waals surface area contributed by atoms with Crippen molar-refractivity contribution in [1.29, 1.82) is 0 Å². The van der Waals surface area contributed by atoms with Gasteiger partial charge >= 0.3 is 0 Å². The molecule has 2 rings (SSSR count). The molecule has 1 atom stereocenters. The Balaban J connectivity index is 2.17. The van der Waals surface area contributed by atoms with Crippen LogP contribution in [0.5, 0.6) is 0 Å². The molecule has 0 fully saturated rings. The van der Waals surface area contributed by atoms with E-state index in [2.05, 4.69) is 26.2 Å². The van der Waals surface area contributed by atoms with E-state index in [4.69, 9.17) is 4.42 Å². The predicted molar refractivity (Wildman–Crippen MR) is 70.8 cm³/mol. The van der Waals surface area contributed by atoms with Gasteiger partial charge in [-0.05, 0) is 47.1 Å². The number of benzene rings is 1. The minimum absolute atomic E-state index is 0.0554. The van der Waals surface area contributed by atoms with E-state index >= 15 is 0 Å². The van der Waals surface area contributed by atoms with Crippen LogP contribution in [0.2, 0.25) is 0 Å². The van der Waals surface area contributed by atoms with Crippen molar-refractivity contribution in [1.82, 2.24) is 10.3 Å². The number of hydrogen-bond donors (Lipinski definition) is 1. The topological polar surface area (TPSA) is 38.1 Å². The molecule has 1 N–H and O–H groups in total. The number of halogens is 2. The fourth-order valence-electron chi connectivity index (χ4n) is 1.80. The maximum atomic E-state index is 13.2. The van der Waals surface area contributed by atoms with Crippen LogP contribution in [0.1, 0.15) is 23.2 Å². The van der Waals surface area contributed by atoms with Gasteiger partial charge in [0.1, 0.15) is 12.1 Å². The number of nitrogens with zero attached hydrogens (tertiary/aromatic N) is 1. The number of aryl methyl sites for hydroxylation is 1. The van der Waals surface area contributed by atoms with Gasteiger partial charge in [0.25, 0.3) is 0 Å². The van der Waals surface area contributed by atoms with Crippen molar-refractivity contribution in [3.63, 3.8) is 0 Å². The van der Waals surface area contributed by atoms with Crippen LogP contribution in [-0.4, -0.2) is 12.0 Å². The molecule has 2 aromatic rings. The van der Waals surface area contributed by atoms with Crippen LogP contribution in [0.4, 0.5) is 4.39 Å². The molecule has 96 valence electrons. The highest BCUT2D eigenvalue weighted by atomic mass is 79.9. The lowest BCUT2D eigenvalue weighted by Gasteiger charge is -2.13. The molecule has 3 nitrogen and oxygen atoms in total. The molecule has 0 radical (unpaired) electrons. The minimum Gasteiger partial charge on any atom is -0.449 e. The summed E-state index contributed by atoms with van der Waals surface area (Å²) in [5.74, 6) is 0.391. The van der Waals surface area contributed by atoms with Gasteiger partial charge < -0.3 is 9.73 Å². The van der Waals surface area contributed by atoms with Gasteiger partial charge in [-0.2, -0.15) is 0 Å². The highest BCUT2D eigenvalue weighted by molar-refractivity contribution is 9.10. The van der Waals surface area contributed by atoms with Gasteiger partial charge in [-0.3, -0.25) is 0 Å². The summed E-state index contributed by atoms with van der Waals surface area (Å²) in [6, 6.07) is 5.07. The van der Waals surface area contributed by atoms with Crippen LogP contribution in [-0.2, 0) is 6.42 Å². The molecule has 0 aliphatic rings. The van der Waals surface area contributed by atoms with E-state index in [1.165, 1.54) is 6.07 Å². The molecular weight excluding hydrogens is 299 g/mol. The van der Waals surface area contributed by atoms with E-state index in [1.807, 2.05) is 14.0 Å². The number of nitrogens with one attached hydrogen (secondary N) is 1. The summed E-state index contributed by atoms with van der Waals surface area (Å²) in [6.45, 7) is 1.81. The highest BCUT2D eigenvalue weighted by Crippen LogP contribution is 2.22. The first kappa shape index (κ1) is 13.2. The van der Waals surface area contributed by atoms with Gasteiger partial charge in [-0.15, -0.1) is 0 Å². The second kappa shape index (κ2) is 5.63. The largest absolute Gasteiger partial charge is 0.449 e. The Hall–Kier alpha value is -1.20. The van der Waals surface area contributed by atoms with Crippen LogP contribution in [0.15, 0.2) is 33.4 Å². The first-order valence-electron chi connectivity index (χ1n) is 5.63. The van der Waals surface area contributed by atoms with Crippen molar-refractivity contribution in [2.24, 2.45) is 0 Å². The molecule has 0 bridgehead atoms. The van der Waals surface area contributed by atoms with Crippen LogP contribution >= 0.6 is 15.9 Å². The van der Waals surface area contributed by atoms with E-state index in [1.54, 1.807) is 18.4 Å². The van der Waals surface area contributed by atoms with Crippen LogP contribution < -0.4 is 5.32 Å². The Morgan fingerprint density at radius 2 is 2.28 bits per heavy atom. The number of oxazole rings is 1. The molecular formula is C13H14BrFN2O. The van der Waals surface area contributed by atoms with Crippen LogP contribution in [0, 0.1) is 12.7 Å². The van der Waals surface area contributed by atoms with Gasteiger partial charge in [0, 0.05) is 6.92 Å². The zero-order valence-electron chi connectivity index (χ0n) is 10.2. The molecule has 1 heterocycles. The molecule has 0 aliphatic carbocycles. The maximum Gasteiger partial charge on any atom is 0.191 e. The summed E-state index contributed by atoms with van der Waals surface area (Å²) >= 11 is 3.19. The lowest BCUT2D eigenvalue weighted by molar-refractivity contribution is 0.516. The summed E-state index contributed by atoms with van der Waals surface area (Å²) in [4.78, 5) is 4.30. The fourth-order valence-corrected chi connectivity index (χ4v) is 2.22. The third kappa shape index (κ3) is 2.97. The lowest BCUT2D eigenvalue weighted by atomic mass is 10.0. The van der Waals surface area contributed by atoms with Crippen molar-refractivity contribution in [3.05, 3.63) is 51.9 Å². The van der Waals surface area contributed by atoms with Gasteiger partial charge in [0.2, 0.25) is 0 Å². The summed E-state index contributed by atoms with van der Waals surface area (Å²) in [5.41, 5.74) is 1.89. The standard InChI is InChI=1S/C13H14BrFN2O/c1-8-17-13(7-18-8)12(16-2)6-9-3-4-11(15)10(14)5-9/h3-5,7,12,16H,6H2,1-2H3. The summed E-state index contributed by atoms with van der Waals surface area (Å²) in [6.07, 6.45) is 2.37. The SMILES string of the molecule is CNC(Cc1ccc(F)c(Br)c1)c1coc(C)n1. The molecule has 18 heavy (non-hydrogen) atoms. The van der Waals surface area contributed by atoms with Gasteiger partial charge in [0.05, 0.1) is 16.2 Å². The third-order valence-electron chi connectivity index (χ3n) is 2.77. The van der Waals surface area contributed by atoms with Crippen molar-refractivity contribution in [3.8, 4) is 0 Å². The average molecular weight is 313 g/mol. The summed E-state index contributed by atoms with van der Waals surface area (Å²) in [7, 11) is 1.87. The molecule has 0 amide bonds. The Morgan fingerprint density at radius 1 is 1.50 bits per heavy atom. The van der Waals surface area contributed by atoms with Crippen molar-refractivity contribution in [2.75, 3.05) is 7.05 Å². The highest BCUT2D eigenvalue weighted by Gasteiger charge is 2.14. The quantitative estimate of drug-likeness (QED) is 0.940. The minimum atomic E-state index is -0.253. The van der Waals surface area contributed by atoms with E-state index in [0.717, 1.165) is 17.7 Å². The average Bonchev–Trinajstić information content (AvgIpc) is 2.77. The van der Waals surface area contributed by atoms with Gasteiger partial charge in [-0.1, -0.05) is 6.07 Å². The summed E-state index contributed by atoms with van der Waals surface area (Å²) < 4.78 is 18.8. The van der Waals surface area contributed by atoms with Crippen molar-refractivity contribution < 1.29 is 8.81 Å². The molecule has 1 unspecified atom stereocenters. The summed E-state index contributed by atoms with van der Waals surface area (Å²) in [5, 5.41) is 3.18. The van der Waals surface area contributed by atoms with Crippen LogP contribution in [0.3, 0.4) is 0 Å². The Kier molecular flexibility index (Phi) is 4.14. The van der Waals surface area contributed by atoms with E-state index in [0.29, 0.717) is 10.4 Å². The number of aromatic nitrogens is 1. The van der Waals surface area contributed by atoms with Gasteiger partial charge in [0.15, 0.2) is 5.89 Å². The third-order valence-corrected chi connectivity index (χ3v) is 3.37. The predicted octanol–water partition coefficient (Wildman–Crippen LogP) is 3.39. The molecule has 0 saturated heterocycles. The fraction of sp³-hybridized carbons (Fsp3) is 0.308. The second-order valence-electron chi connectivity index (χ2n) is 4.09. The zero-order valence-corrected chi connectivity index (χ0v) is 11.8. The first-order valence-corrected chi connectivity index (χ1v) is 6.42. The normalized spacial score (nSPS) is 12.7. The van der Waals surface area contributed by atoms with Crippen molar-refractivity contribution in [2.45, 2.75) is 19.4 Å². The zero-order chi connectivity index (χ0) is 13.1. The van der Waals surface area contributed by atoms with Crippen LogP contribution in [0.25, 0.3) is 0 Å². The number of hydrogen-bond acceptors (Lipinski definition) is 3. The van der Waals surface area contributed by atoms with E-state index in [9.17, 15) is 4.39 Å². The molecule has 0 saturated carbocycles. The molecule has 5 heteroatoms.